The molecule has 0 saturated heterocycles. The summed E-state index contributed by atoms with van der Waals surface area (Å²) in [5, 5.41) is 20.7. The van der Waals surface area contributed by atoms with Crippen molar-refractivity contribution in [2.75, 3.05) is 32.5 Å². The van der Waals surface area contributed by atoms with Crippen molar-refractivity contribution < 1.29 is 33.0 Å². The van der Waals surface area contributed by atoms with Crippen LogP contribution in [0.2, 0.25) is 0 Å². The van der Waals surface area contributed by atoms with Crippen LogP contribution < -0.4 is 10.6 Å². The van der Waals surface area contributed by atoms with Crippen molar-refractivity contribution in [1.29, 1.82) is 0 Å². The van der Waals surface area contributed by atoms with Gasteiger partial charge in [0.15, 0.2) is 0 Å². The molecule has 1 aliphatic carbocycles. The number of anilines is 1. The fourth-order valence-electron chi connectivity index (χ4n) is 2.93. The molecule has 0 spiro atoms. The van der Waals surface area contributed by atoms with Gasteiger partial charge in [0.05, 0.1) is 11.4 Å². The van der Waals surface area contributed by atoms with Crippen LogP contribution in [0.4, 0.5) is 5.69 Å². The largest absolute Gasteiger partial charge is 0.473 e. The van der Waals surface area contributed by atoms with E-state index in [1.54, 1.807) is 12.1 Å². The minimum absolute atomic E-state index is 0.162. The molecule has 4 N–H and O–H groups in total. The molecule has 168 valence electrons. The Kier molecular flexibility index (Phi) is 10.4. The van der Waals surface area contributed by atoms with Gasteiger partial charge in [-0.05, 0) is 43.5 Å². The maximum Gasteiger partial charge on any atom is 0.414 e. The van der Waals surface area contributed by atoms with E-state index in [4.69, 9.17) is 19.8 Å². The standard InChI is InChI=1S/C17H27N3O3S.C2H2O4/c1-20(2)24(22,23)16-10-6-9-15(11-16)19-17(21)13-18-12-14-7-4-3-5-8-14;3-1(4)2(5)6/h6,9-11,14,18H,3-5,7-8,12-13H2,1-2H3,(H,19,21);(H,3,4)(H,5,6). The predicted molar refractivity (Wildman–Crippen MR) is 111 cm³/mol. The number of nitrogens with zero attached hydrogens (tertiary/aromatic N) is 1. The van der Waals surface area contributed by atoms with E-state index >= 15 is 0 Å². The molecule has 1 fully saturated rings. The van der Waals surface area contributed by atoms with Gasteiger partial charge in [-0.2, -0.15) is 0 Å². The minimum atomic E-state index is -3.50. The first-order valence-corrected chi connectivity index (χ1v) is 11.0. The second kappa shape index (κ2) is 12.3. The molecule has 0 atom stereocenters. The highest BCUT2D eigenvalue weighted by molar-refractivity contribution is 7.89. The smallest absolute Gasteiger partial charge is 0.414 e. The molecule has 1 aliphatic rings. The van der Waals surface area contributed by atoms with E-state index in [9.17, 15) is 13.2 Å². The Morgan fingerprint density at radius 1 is 1.07 bits per heavy atom. The molecule has 0 radical (unpaired) electrons. The van der Waals surface area contributed by atoms with Crippen LogP contribution in [0, 0.1) is 5.92 Å². The van der Waals surface area contributed by atoms with E-state index in [2.05, 4.69) is 10.6 Å². The Bertz CT molecular complexity index is 822. The molecule has 0 unspecified atom stereocenters. The fourth-order valence-corrected chi connectivity index (χ4v) is 3.88. The summed E-state index contributed by atoms with van der Waals surface area (Å²) < 4.78 is 25.4. The lowest BCUT2D eigenvalue weighted by atomic mass is 9.89. The number of carbonyl (C=O) groups excluding carboxylic acids is 1. The Morgan fingerprint density at radius 3 is 2.20 bits per heavy atom. The van der Waals surface area contributed by atoms with E-state index in [-0.39, 0.29) is 17.3 Å². The van der Waals surface area contributed by atoms with Crippen LogP contribution in [0.15, 0.2) is 29.2 Å². The monoisotopic (exact) mass is 443 g/mol. The Balaban J connectivity index is 0.000000656. The van der Waals surface area contributed by atoms with Gasteiger partial charge < -0.3 is 20.8 Å². The first kappa shape index (κ1) is 25.5. The third-order valence-corrected chi connectivity index (χ3v) is 6.33. The van der Waals surface area contributed by atoms with Gasteiger partial charge in [0.1, 0.15) is 0 Å². The van der Waals surface area contributed by atoms with Crippen LogP contribution in [-0.2, 0) is 24.4 Å². The normalized spacial score (nSPS) is 14.5. The van der Waals surface area contributed by atoms with Gasteiger partial charge in [0, 0.05) is 19.8 Å². The number of aliphatic carboxylic acids is 2. The van der Waals surface area contributed by atoms with Gasteiger partial charge >= 0.3 is 11.9 Å². The molecule has 1 aromatic carbocycles. The molecule has 0 bridgehead atoms. The van der Waals surface area contributed by atoms with Crippen molar-refractivity contribution in [2.45, 2.75) is 37.0 Å². The van der Waals surface area contributed by atoms with Crippen molar-refractivity contribution in [1.82, 2.24) is 9.62 Å². The van der Waals surface area contributed by atoms with Crippen LogP contribution in [-0.4, -0.2) is 68.0 Å². The number of hydrogen-bond acceptors (Lipinski definition) is 6. The van der Waals surface area contributed by atoms with E-state index in [1.807, 2.05) is 0 Å². The van der Waals surface area contributed by atoms with Crippen molar-refractivity contribution in [2.24, 2.45) is 5.92 Å². The number of nitrogens with one attached hydrogen (secondary N) is 2. The highest BCUT2D eigenvalue weighted by atomic mass is 32.2. The molecular weight excluding hydrogens is 414 g/mol. The quantitative estimate of drug-likeness (QED) is 0.459. The molecule has 10 nitrogen and oxygen atoms in total. The first-order chi connectivity index (χ1) is 14.0. The van der Waals surface area contributed by atoms with Crippen LogP contribution in [0.5, 0.6) is 0 Å². The van der Waals surface area contributed by atoms with E-state index in [0.29, 0.717) is 11.6 Å². The number of benzene rings is 1. The van der Waals surface area contributed by atoms with E-state index in [0.717, 1.165) is 10.8 Å². The van der Waals surface area contributed by atoms with Crippen LogP contribution in [0.3, 0.4) is 0 Å². The maximum atomic E-state index is 12.1. The third-order valence-electron chi connectivity index (χ3n) is 4.52. The first-order valence-electron chi connectivity index (χ1n) is 9.53. The molecule has 11 heteroatoms. The average Bonchev–Trinajstić information content (AvgIpc) is 2.69. The lowest BCUT2D eigenvalue weighted by Gasteiger charge is -2.21. The Labute approximate surface area is 176 Å². The van der Waals surface area contributed by atoms with Gasteiger partial charge in [0.2, 0.25) is 15.9 Å². The van der Waals surface area contributed by atoms with E-state index in [1.165, 1.54) is 58.3 Å². The zero-order valence-electron chi connectivity index (χ0n) is 17.1. The van der Waals surface area contributed by atoms with Gasteiger partial charge in [-0.3, -0.25) is 4.79 Å². The SMILES string of the molecule is CN(C)S(=O)(=O)c1cccc(NC(=O)CNCC2CCCCC2)c1.O=C(O)C(=O)O. The van der Waals surface area contributed by atoms with Crippen molar-refractivity contribution in [3.05, 3.63) is 24.3 Å². The van der Waals surface area contributed by atoms with Crippen molar-refractivity contribution >= 4 is 33.6 Å². The Morgan fingerprint density at radius 2 is 1.67 bits per heavy atom. The average molecular weight is 444 g/mol. The number of rotatable bonds is 7. The summed E-state index contributed by atoms with van der Waals surface area (Å²) in [4.78, 5) is 30.4. The number of carbonyl (C=O) groups is 3. The lowest BCUT2D eigenvalue weighted by Crippen LogP contribution is -2.32. The lowest BCUT2D eigenvalue weighted by molar-refractivity contribution is -0.159. The molecule has 1 aromatic rings. The minimum Gasteiger partial charge on any atom is -0.473 e. The highest BCUT2D eigenvalue weighted by Crippen LogP contribution is 2.22. The van der Waals surface area contributed by atoms with Crippen molar-refractivity contribution in [3.8, 4) is 0 Å². The van der Waals surface area contributed by atoms with Gasteiger partial charge in [-0.15, -0.1) is 0 Å². The highest BCUT2D eigenvalue weighted by Gasteiger charge is 2.18. The summed E-state index contributed by atoms with van der Waals surface area (Å²) in [7, 11) is -0.536. The van der Waals surface area contributed by atoms with Crippen molar-refractivity contribution in [3.63, 3.8) is 0 Å². The van der Waals surface area contributed by atoms with Crippen LogP contribution >= 0.6 is 0 Å². The number of sulfonamides is 1. The summed E-state index contributed by atoms with van der Waals surface area (Å²) >= 11 is 0. The van der Waals surface area contributed by atoms with Gasteiger partial charge in [-0.1, -0.05) is 25.3 Å². The number of carboxylic acid groups (broad SMARTS) is 2. The molecule has 30 heavy (non-hydrogen) atoms. The van der Waals surface area contributed by atoms with Crippen LogP contribution in [0.1, 0.15) is 32.1 Å². The topological polar surface area (TPSA) is 153 Å². The number of hydrogen-bond donors (Lipinski definition) is 4. The summed E-state index contributed by atoms with van der Waals surface area (Å²) in [6.07, 6.45) is 6.36. The number of carboxylic acids is 2. The maximum absolute atomic E-state index is 12.1. The summed E-state index contributed by atoms with van der Waals surface area (Å²) in [6.45, 7) is 1.10. The fraction of sp³-hybridized carbons (Fsp3) is 0.526. The van der Waals surface area contributed by atoms with Crippen LogP contribution in [0.25, 0.3) is 0 Å². The zero-order valence-corrected chi connectivity index (χ0v) is 17.9. The van der Waals surface area contributed by atoms with Gasteiger partial charge in [0.25, 0.3) is 0 Å². The second-order valence-electron chi connectivity index (χ2n) is 7.11. The Hall–Kier alpha value is -2.50. The summed E-state index contributed by atoms with van der Waals surface area (Å²) in [6, 6.07) is 6.32. The van der Waals surface area contributed by atoms with Gasteiger partial charge in [-0.25, -0.2) is 22.3 Å². The van der Waals surface area contributed by atoms with E-state index < -0.39 is 22.0 Å². The molecule has 2 rings (SSSR count). The summed E-state index contributed by atoms with van der Waals surface area (Å²) in [5.74, 6) is -3.14. The predicted octanol–water partition coefficient (Wildman–Crippen LogP) is 1.20. The third kappa shape index (κ3) is 8.89. The number of amides is 1. The molecule has 0 aromatic heterocycles. The second-order valence-corrected chi connectivity index (χ2v) is 9.26. The molecule has 0 heterocycles. The summed E-state index contributed by atoms with van der Waals surface area (Å²) in [5.41, 5.74) is 0.488. The zero-order chi connectivity index (χ0) is 22.7. The molecule has 0 aliphatic heterocycles. The molecule has 1 amide bonds. The molecule has 1 saturated carbocycles. The molecular formula is C19H29N3O7S.